The maximum absolute atomic E-state index is 12.6. The Balaban J connectivity index is 0.00000420. The lowest BCUT2D eigenvalue weighted by Gasteiger charge is -2.11. The van der Waals surface area contributed by atoms with Gasteiger partial charge in [0, 0.05) is 18.5 Å². The lowest BCUT2D eigenvalue weighted by Crippen LogP contribution is -2.38. The van der Waals surface area contributed by atoms with Crippen molar-refractivity contribution in [1.82, 2.24) is 15.6 Å². The van der Waals surface area contributed by atoms with Crippen molar-refractivity contribution in [1.29, 1.82) is 0 Å². The number of halogens is 4. The minimum Gasteiger partial charge on any atom is -0.481 e. The Hall–Kier alpha value is -2.00. The first kappa shape index (κ1) is 25.0. The Kier molecular flexibility index (Phi) is 10.8. The molecule has 1 aromatic heterocycles. The van der Waals surface area contributed by atoms with Crippen LogP contribution in [0.15, 0.2) is 34.6 Å². The Bertz CT molecular complexity index is 816. The maximum Gasteiger partial charge on any atom is 0.434 e. The van der Waals surface area contributed by atoms with Crippen molar-refractivity contribution in [2.45, 2.75) is 26.1 Å². The number of terminal acetylenes is 1. The van der Waals surface area contributed by atoms with Crippen LogP contribution in [0.4, 0.5) is 13.2 Å². The molecule has 2 N–H and O–H groups in total. The minimum atomic E-state index is -4.43. The summed E-state index contributed by atoms with van der Waals surface area (Å²) in [5, 5.41) is 7.54. The van der Waals surface area contributed by atoms with Crippen molar-refractivity contribution < 1.29 is 17.9 Å². The van der Waals surface area contributed by atoms with E-state index in [1.807, 2.05) is 31.2 Å². The molecule has 0 spiro atoms. The second-order valence-corrected chi connectivity index (χ2v) is 6.58. The molecular formula is C19H22F3IN4OS. The SMILES string of the molecule is C#CCOc1ccc(CCNC(=NCc2nc(C(F)(F)F)cs2)NCC)cc1.I. The summed E-state index contributed by atoms with van der Waals surface area (Å²) in [5.74, 6) is 3.65. The van der Waals surface area contributed by atoms with Gasteiger partial charge in [0.25, 0.3) is 0 Å². The Morgan fingerprint density at radius 1 is 1.28 bits per heavy atom. The van der Waals surface area contributed by atoms with E-state index in [9.17, 15) is 13.2 Å². The van der Waals surface area contributed by atoms with Crippen LogP contribution < -0.4 is 15.4 Å². The highest BCUT2D eigenvalue weighted by Crippen LogP contribution is 2.30. The van der Waals surface area contributed by atoms with Crippen molar-refractivity contribution in [3.63, 3.8) is 0 Å². The molecule has 10 heteroatoms. The van der Waals surface area contributed by atoms with Crippen molar-refractivity contribution in [2.75, 3.05) is 19.7 Å². The fourth-order valence-electron chi connectivity index (χ4n) is 2.20. The first-order chi connectivity index (χ1) is 13.4. The Morgan fingerprint density at radius 3 is 2.59 bits per heavy atom. The second-order valence-electron chi connectivity index (χ2n) is 5.63. The van der Waals surface area contributed by atoms with Crippen LogP contribution in [-0.2, 0) is 19.1 Å². The van der Waals surface area contributed by atoms with E-state index in [2.05, 4.69) is 26.5 Å². The lowest BCUT2D eigenvalue weighted by molar-refractivity contribution is -0.140. The number of nitrogens with zero attached hydrogens (tertiary/aromatic N) is 2. The fraction of sp³-hybridized carbons (Fsp3) is 0.368. The van der Waals surface area contributed by atoms with Gasteiger partial charge in [-0.2, -0.15) is 13.2 Å². The zero-order chi connectivity index (χ0) is 20.4. The summed E-state index contributed by atoms with van der Waals surface area (Å²) in [6, 6.07) is 7.61. The highest BCUT2D eigenvalue weighted by molar-refractivity contribution is 14.0. The molecule has 0 aliphatic carbocycles. The largest absolute Gasteiger partial charge is 0.481 e. The van der Waals surface area contributed by atoms with Gasteiger partial charge in [-0.05, 0) is 31.0 Å². The number of aliphatic imine (C=N–C) groups is 1. The number of rotatable bonds is 8. The van der Waals surface area contributed by atoms with Crippen LogP contribution in [0.3, 0.4) is 0 Å². The molecule has 1 heterocycles. The van der Waals surface area contributed by atoms with Gasteiger partial charge in [0.15, 0.2) is 11.7 Å². The quantitative estimate of drug-likeness (QED) is 0.230. The third-order valence-electron chi connectivity index (χ3n) is 3.51. The Labute approximate surface area is 189 Å². The summed E-state index contributed by atoms with van der Waals surface area (Å²) in [6.07, 6.45) is 1.47. The number of benzene rings is 1. The first-order valence-electron chi connectivity index (χ1n) is 8.61. The average Bonchev–Trinajstić information content (AvgIpc) is 3.15. The van der Waals surface area contributed by atoms with E-state index in [4.69, 9.17) is 11.2 Å². The fourth-order valence-corrected chi connectivity index (χ4v) is 2.93. The molecule has 0 aliphatic heterocycles. The number of hydrogen-bond donors (Lipinski definition) is 2. The van der Waals surface area contributed by atoms with Gasteiger partial charge < -0.3 is 15.4 Å². The molecule has 0 aliphatic rings. The molecular weight excluding hydrogens is 516 g/mol. The van der Waals surface area contributed by atoms with E-state index < -0.39 is 11.9 Å². The molecule has 0 unspecified atom stereocenters. The summed E-state index contributed by atoms with van der Waals surface area (Å²) in [4.78, 5) is 7.87. The van der Waals surface area contributed by atoms with E-state index in [-0.39, 0.29) is 37.1 Å². The molecule has 0 bridgehead atoms. The number of aromatic nitrogens is 1. The predicted octanol–water partition coefficient (Wildman–Crippen LogP) is 4.09. The Morgan fingerprint density at radius 2 is 2.00 bits per heavy atom. The average molecular weight is 538 g/mol. The number of hydrogen-bond acceptors (Lipinski definition) is 4. The smallest absolute Gasteiger partial charge is 0.434 e. The molecule has 0 fully saturated rings. The van der Waals surface area contributed by atoms with E-state index in [0.29, 0.717) is 29.8 Å². The summed E-state index contributed by atoms with van der Waals surface area (Å²) < 4.78 is 43.1. The molecule has 2 aromatic rings. The lowest BCUT2D eigenvalue weighted by atomic mass is 10.1. The van der Waals surface area contributed by atoms with Gasteiger partial charge in [0.1, 0.15) is 17.4 Å². The van der Waals surface area contributed by atoms with E-state index in [1.165, 1.54) is 0 Å². The van der Waals surface area contributed by atoms with E-state index in [1.54, 1.807) is 0 Å². The van der Waals surface area contributed by atoms with Gasteiger partial charge in [0.2, 0.25) is 0 Å². The highest BCUT2D eigenvalue weighted by atomic mass is 127. The monoisotopic (exact) mass is 538 g/mol. The molecule has 0 saturated carbocycles. The van der Waals surface area contributed by atoms with Crippen molar-refractivity contribution in [3.8, 4) is 18.1 Å². The van der Waals surface area contributed by atoms with Crippen LogP contribution in [-0.4, -0.2) is 30.6 Å². The number of alkyl halides is 3. The number of nitrogens with one attached hydrogen (secondary N) is 2. The van der Waals surface area contributed by atoms with Gasteiger partial charge in [-0.3, -0.25) is 0 Å². The van der Waals surface area contributed by atoms with Crippen molar-refractivity contribution in [3.05, 3.63) is 45.9 Å². The molecule has 0 amide bonds. The van der Waals surface area contributed by atoms with Crippen LogP contribution in [0.25, 0.3) is 0 Å². The predicted molar refractivity (Wildman–Crippen MR) is 120 cm³/mol. The molecule has 0 saturated heterocycles. The molecule has 5 nitrogen and oxygen atoms in total. The molecule has 2 rings (SSSR count). The van der Waals surface area contributed by atoms with Gasteiger partial charge in [-0.15, -0.1) is 41.7 Å². The molecule has 1 aromatic carbocycles. The zero-order valence-corrected chi connectivity index (χ0v) is 18.9. The topological polar surface area (TPSA) is 58.5 Å². The van der Waals surface area contributed by atoms with Crippen LogP contribution in [0, 0.1) is 12.3 Å². The summed E-state index contributed by atoms with van der Waals surface area (Å²) in [5.41, 5.74) is 0.224. The second kappa shape index (κ2) is 12.5. The normalized spacial score (nSPS) is 11.3. The van der Waals surface area contributed by atoms with Crippen LogP contribution in [0.1, 0.15) is 23.2 Å². The van der Waals surface area contributed by atoms with Gasteiger partial charge in [0.05, 0.1) is 6.54 Å². The minimum absolute atomic E-state index is 0. The molecule has 158 valence electrons. The summed E-state index contributed by atoms with van der Waals surface area (Å²) >= 11 is 0.946. The van der Waals surface area contributed by atoms with Crippen molar-refractivity contribution >= 4 is 41.3 Å². The van der Waals surface area contributed by atoms with Crippen molar-refractivity contribution in [2.24, 2.45) is 4.99 Å². The third kappa shape index (κ3) is 8.91. The maximum atomic E-state index is 12.6. The number of ether oxygens (including phenoxy) is 1. The molecule has 0 radical (unpaired) electrons. The van der Waals surface area contributed by atoms with E-state index >= 15 is 0 Å². The van der Waals surface area contributed by atoms with Crippen LogP contribution in [0.5, 0.6) is 5.75 Å². The number of thiazole rings is 1. The van der Waals surface area contributed by atoms with Gasteiger partial charge in [-0.1, -0.05) is 18.1 Å². The van der Waals surface area contributed by atoms with Gasteiger partial charge in [-0.25, -0.2) is 9.98 Å². The number of guanidine groups is 1. The summed E-state index contributed by atoms with van der Waals surface area (Å²) in [7, 11) is 0. The van der Waals surface area contributed by atoms with Crippen LogP contribution in [0.2, 0.25) is 0 Å². The highest BCUT2D eigenvalue weighted by Gasteiger charge is 2.33. The third-order valence-corrected chi connectivity index (χ3v) is 4.34. The molecule has 0 atom stereocenters. The zero-order valence-electron chi connectivity index (χ0n) is 15.8. The summed E-state index contributed by atoms with van der Waals surface area (Å²) in [6.45, 7) is 3.47. The van der Waals surface area contributed by atoms with E-state index in [0.717, 1.165) is 28.7 Å². The first-order valence-corrected chi connectivity index (χ1v) is 9.49. The standard InChI is InChI=1S/C19H21F3N4OS.HI/c1-3-11-27-15-7-5-14(6-8-15)9-10-24-18(23-4-2)25-12-17-26-16(13-28-17)19(20,21)22;/h1,5-8,13H,4,9-12H2,2H3,(H2,23,24,25);1H. The van der Waals surface area contributed by atoms with Crippen LogP contribution >= 0.6 is 35.3 Å². The van der Waals surface area contributed by atoms with Gasteiger partial charge >= 0.3 is 6.18 Å². The molecule has 29 heavy (non-hydrogen) atoms.